The van der Waals surface area contributed by atoms with E-state index in [1.807, 2.05) is 0 Å². The molecule has 0 saturated carbocycles. The van der Waals surface area contributed by atoms with Gasteiger partial charge in [0.05, 0.1) is 9.85 Å². The molecule has 4 N–H and O–H groups in total. The van der Waals surface area contributed by atoms with Gasteiger partial charge in [-0.05, 0) is 12.1 Å². The van der Waals surface area contributed by atoms with Crippen LogP contribution in [0.3, 0.4) is 0 Å². The molecule has 0 aliphatic carbocycles. The number of carbonyl (C=O) groups excluding carboxylic acids is 1. The first-order valence-corrected chi connectivity index (χ1v) is 6.02. The van der Waals surface area contributed by atoms with Crippen molar-refractivity contribution in [3.05, 3.63) is 68.8 Å². The predicted molar refractivity (Wildman–Crippen MR) is 82.4 cm³/mol. The SMILES string of the molecule is O.O=C(Nc1cccc([N+](=O)[O-])c1)Nc1cccc([N+](=O)[O-])c1. The van der Waals surface area contributed by atoms with Gasteiger partial charge in [0.1, 0.15) is 0 Å². The molecule has 2 aromatic rings. The number of nitro groups is 2. The van der Waals surface area contributed by atoms with E-state index >= 15 is 0 Å². The van der Waals surface area contributed by atoms with Gasteiger partial charge in [-0.1, -0.05) is 12.1 Å². The Labute approximate surface area is 129 Å². The second kappa shape index (κ2) is 7.47. The first-order valence-electron chi connectivity index (χ1n) is 6.02. The predicted octanol–water partition coefficient (Wildman–Crippen LogP) is 2.32. The summed E-state index contributed by atoms with van der Waals surface area (Å²) in [4.78, 5) is 31.9. The van der Waals surface area contributed by atoms with Crippen molar-refractivity contribution in [3.8, 4) is 0 Å². The highest BCUT2D eigenvalue weighted by atomic mass is 16.6. The maximum absolute atomic E-state index is 11.8. The van der Waals surface area contributed by atoms with Gasteiger partial charge in [0.15, 0.2) is 0 Å². The number of anilines is 2. The molecule has 120 valence electrons. The first kappa shape index (κ1) is 17.5. The van der Waals surface area contributed by atoms with E-state index in [-0.39, 0.29) is 28.2 Å². The van der Waals surface area contributed by atoms with Gasteiger partial charge < -0.3 is 16.1 Å². The van der Waals surface area contributed by atoms with Crippen LogP contribution < -0.4 is 10.6 Å². The molecule has 0 spiro atoms. The molecule has 0 unspecified atom stereocenters. The molecule has 23 heavy (non-hydrogen) atoms. The van der Waals surface area contributed by atoms with Gasteiger partial charge in [-0.15, -0.1) is 0 Å². The second-order valence-electron chi connectivity index (χ2n) is 4.19. The number of benzene rings is 2. The van der Waals surface area contributed by atoms with Crippen LogP contribution in [0.25, 0.3) is 0 Å². The highest BCUT2D eigenvalue weighted by molar-refractivity contribution is 6.00. The van der Waals surface area contributed by atoms with E-state index in [1.165, 1.54) is 48.5 Å². The number of rotatable bonds is 4. The molecule has 0 saturated heterocycles. The molecule has 0 fully saturated rings. The van der Waals surface area contributed by atoms with Crippen molar-refractivity contribution in [2.24, 2.45) is 0 Å². The fourth-order valence-electron chi connectivity index (χ4n) is 1.69. The van der Waals surface area contributed by atoms with Crippen LogP contribution in [-0.4, -0.2) is 21.4 Å². The molecule has 0 heterocycles. The second-order valence-corrected chi connectivity index (χ2v) is 4.19. The number of non-ortho nitro benzene ring substituents is 2. The Morgan fingerprint density at radius 3 is 1.57 bits per heavy atom. The number of carbonyl (C=O) groups is 1. The zero-order chi connectivity index (χ0) is 16.1. The van der Waals surface area contributed by atoms with Crippen molar-refractivity contribution in [3.63, 3.8) is 0 Å². The Hall–Kier alpha value is -3.53. The Morgan fingerprint density at radius 1 is 0.826 bits per heavy atom. The fourth-order valence-corrected chi connectivity index (χ4v) is 1.69. The Morgan fingerprint density at radius 2 is 1.22 bits per heavy atom. The van der Waals surface area contributed by atoms with E-state index in [0.717, 1.165) is 0 Å². The minimum absolute atomic E-state index is 0. The third-order valence-corrected chi connectivity index (χ3v) is 2.63. The molecule has 0 aliphatic heterocycles. The van der Waals surface area contributed by atoms with Crippen molar-refractivity contribution < 1.29 is 20.1 Å². The number of nitro benzene ring substituents is 2. The topological polar surface area (TPSA) is 159 Å². The van der Waals surface area contributed by atoms with Crippen molar-refractivity contribution >= 4 is 28.8 Å². The van der Waals surface area contributed by atoms with Gasteiger partial charge in [0.25, 0.3) is 11.4 Å². The van der Waals surface area contributed by atoms with E-state index in [4.69, 9.17) is 0 Å². The van der Waals surface area contributed by atoms with Crippen LogP contribution in [0.2, 0.25) is 0 Å². The largest absolute Gasteiger partial charge is 0.412 e. The number of hydrogen-bond acceptors (Lipinski definition) is 5. The average molecular weight is 320 g/mol. The highest BCUT2D eigenvalue weighted by Crippen LogP contribution is 2.19. The normalized spacial score (nSPS) is 9.39. The van der Waals surface area contributed by atoms with Gasteiger partial charge in [0.2, 0.25) is 0 Å². The van der Waals surface area contributed by atoms with Gasteiger partial charge in [-0.2, -0.15) is 0 Å². The summed E-state index contributed by atoms with van der Waals surface area (Å²) < 4.78 is 0. The van der Waals surface area contributed by atoms with Crippen LogP contribution in [0.4, 0.5) is 27.5 Å². The smallest absolute Gasteiger partial charge is 0.323 e. The zero-order valence-electron chi connectivity index (χ0n) is 11.6. The number of nitrogens with zero attached hydrogens (tertiary/aromatic N) is 2. The van der Waals surface area contributed by atoms with Crippen molar-refractivity contribution in [1.82, 2.24) is 0 Å². The Kier molecular flexibility index (Phi) is 5.69. The molecular formula is C13H12N4O6. The molecule has 0 radical (unpaired) electrons. The summed E-state index contributed by atoms with van der Waals surface area (Å²) in [6, 6.07) is 10.2. The molecule has 0 atom stereocenters. The van der Waals surface area contributed by atoms with Crippen molar-refractivity contribution in [1.29, 1.82) is 0 Å². The summed E-state index contributed by atoms with van der Waals surface area (Å²) >= 11 is 0. The van der Waals surface area contributed by atoms with E-state index in [2.05, 4.69) is 10.6 Å². The Balaban J connectivity index is 0.00000264. The van der Waals surface area contributed by atoms with Crippen LogP contribution in [0.5, 0.6) is 0 Å². The van der Waals surface area contributed by atoms with Crippen LogP contribution >= 0.6 is 0 Å². The van der Waals surface area contributed by atoms with E-state index in [0.29, 0.717) is 0 Å². The summed E-state index contributed by atoms with van der Waals surface area (Å²) in [5, 5.41) is 26.1. The minimum atomic E-state index is -0.666. The van der Waals surface area contributed by atoms with Gasteiger partial charge in [0, 0.05) is 35.6 Å². The molecular weight excluding hydrogens is 308 g/mol. The van der Waals surface area contributed by atoms with E-state index in [1.54, 1.807) is 0 Å². The third-order valence-electron chi connectivity index (χ3n) is 2.63. The van der Waals surface area contributed by atoms with Crippen molar-refractivity contribution in [2.75, 3.05) is 10.6 Å². The number of urea groups is 1. The lowest BCUT2D eigenvalue weighted by Gasteiger charge is -2.07. The summed E-state index contributed by atoms with van der Waals surface area (Å²) in [6.07, 6.45) is 0. The molecule has 2 amide bonds. The average Bonchev–Trinajstić information content (AvgIpc) is 2.47. The van der Waals surface area contributed by atoms with E-state index < -0.39 is 15.9 Å². The molecule has 2 aromatic carbocycles. The minimum Gasteiger partial charge on any atom is -0.412 e. The maximum atomic E-state index is 11.8. The number of hydrogen-bond donors (Lipinski definition) is 2. The standard InChI is InChI=1S/C13H10N4O5.H2O/c18-13(14-9-3-1-5-11(7-9)16(19)20)15-10-4-2-6-12(8-10)17(21)22;/h1-8H,(H2,14,15,18);1H2. The Bertz CT molecular complexity index is 687. The van der Waals surface area contributed by atoms with Crippen LogP contribution in [0, 0.1) is 20.2 Å². The molecule has 10 nitrogen and oxygen atoms in total. The van der Waals surface area contributed by atoms with Gasteiger partial charge in [-0.3, -0.25) is 20.2 Å². The fraction of sp³-hybridized carbons (Fsp3) is 0. The quantitative estimate of drug-likeness (QED) is 0.652. The molecule has 2 rings (SSSR count). The molecule has 0 aromatic heterocycles. The highest BCUT2D eigenvalue weighted by Gasteiger charge is 2.10. The van der Waals surface area contributed by atoms with Crippen LogP contribution in [-0.2, 0) is 0 Å². The lowest BCUT2D eigenvalue weighted by atomic mass is 10.3. The monoisotopic (exact) mass is 320 g/mol. The number of nitrogens with one attached hydrogen (secondary N) is 2. The lowest BCUT2D eigenvalue weighted by molar-refractivity contribution is -0.385. The van der Waals surface area contributed by atoms with Gasteiger partial charge in [-0.25, -0.2) is 4.79 Å². The first-order chi connectivity index (χ1) is 10.5. The number of amides is 2. The van der Waals surface area contributed by atoms with E-state index in [9.17, 15) is 25.0 Å². The lowest BCUT2D eigenvalue weighted by Crippen LogP contribution is -2.19. The van der Waals surface area contributed by atoms with Crippen LogP contribution in [0.15, 0.2) is 48.5 Å². The van der Waals surface area contributed by atoms with Gasteiger partial charge >= 0.3 is 6.03 Å². The molecule has 10 heteroatoms. The third kappa shape index (κ3) is 4.75. The zero-order valence-corrected chi connectivity index (χ0v) is 11.6. The molecule has 0 aliphatic rings. The summed E-state index contributed by atoms with van der Waals surface area (Å²) in [6.45, 7) is 0. The maximum Gasteiger partial charge on any atom is 0.323 e. The van der Waals surface area contributed by atoms with Crippen LogP contribution in [0.1, 0.15) is 0 Å². The summed E-state index contributed by atoms with van der Waals surface area (Å²) in [7, 11) is 0. The summed E-state index contributed by atoms with van der Waals surface area (Å²) in [5.41, 5.74) is 0.149. The molecule has 0 bridgehead atoms. The summed E-state index contributed by atoms with van der Waals surface area (Å²) in [5.74, 6) is 0. The van der Waals surface area contributed by atoms with Crippen molar-refractivity contribution in [2.45, 2.75) is 0 Å².